The number of nitro groups is 1. The molecule has 2 heterocycles. The Bertz CT molecular complexity index is 1480. The van der Waals surface area contributed by atoms with Gasteiger partial charge in [-0.05, 0) is 24.3 Å². The van der Waals surface area contributed by atoms with Gasteiger partial charge >= 0.3 is 0 Å². The van der Waals surface area contributed by atoms with Crippen LogP contribution in [0.3, 0.4) is 0 Å². The topological polar surface area (TPSA) is 120 Å². The second-order valence-electron chi connectivity index (χ2n) is 6.75. The summed E-state index contributed by atoms with van der Waals surface area (Å²) in [6.45, 7) is 0. The van der Waals surface area contributed by atoms with E-state index in [1.54, 1.807) is 18.2 Å². The molecule has 168 valence electrons. The van der Waals surface area contributed by atoms with Gasteiger partial charge in [0.05, 0.1) is 40.1 Å². The second-order valence-corrected chi connectivity index (χ2v) is 7.57. The van der Waals surface area contributed by atoms with Crippen LogP contribution in [0.15, 0.2) is 51.7 Å². The van der Waals surface area contributed by atoms with Crippen molar-refractivity contribution in [3.63, 3.8) is 0 Å². The molecule has 0 bridgehead atoms. The first kappa shape index (κ1) is 22.4. The summed E-state index contributed by atoms with van der Waals surface area (Å²) in [5, 5.41) is 11.5. The van der Waals surface area contributed by atoms with Gasteiger partial charge in [0.1, 0.15) is 11.5 Å². The highest BCUT2D eigenvalue weighted by Gasteiger charge is 2.15. The smallest absolute Gasteiger partial charge is 0.270 e. The molecule has 0 aliphatic rings. The quantitative estimate of drug-likeness (QED) is 0.281. The zero-order valence-corrected chi connectivity index (χ0v) is 18.7. The number of furan rings is 1. The molecule has 33 heavy (non-hydrogen) atoms. The van der Waals surface area contributed by atoms with Gasteiger partial charge in [0.25, 0.3) is 11.2 Å². The van der Waals surface area contributed by atoms with E-state index in [2.05, 4.69) is 9.97 Å². The lowest BCUT2D eigenvalue weighted by Gasteiger charge is -2.09. The molecular formula is C22H15Cl2N3O6. The number of nitrogens with zero attached hydrogens (tertiary/aromatic N) is 2. The van der Waals surface area contributed by atoms with Crippen molar-refractivity contribution in [1.29, 1.82) is 0 Å². The van der Waals surface area contributed by atoms with E-state index in [0.717, 1.165) is 0 Å². The number of nitrogens with one attached hydrogen (secondary N) is 1. The van der Waals surface area contributed by atoms with Crippen LogP contribution in [-0.4, -0.2) is 29.1 Å². The summed E-state index contributed by atoms with van der Waals surface area (Å²) in [5.41, 5.74) is 0.325. The fourth-order valence-electron chi connectivity index (χ4n) is 3.16. The summed E-state index contributed by atoms with van der Waals surface area (Å²) in [4.78, 5) is 30.0. The van der Waals surface area contributed by atoms with Crippen molar-refractivity contribution >= 4 is 50.9 Å². The number of nitro benzene ring substituents is 1. The molecule has 11 heteroatoms. The predicted molar refractivity (Wildman–Crippen MR) is 125 cm³/mol. The fourth-order valence-corrected chi connectivity index (χ4v) is 3.63. The molecule has 0 aliphatic heterocycles. The lowest BCUT2D eigenvalue weighted by Crippen LogP contribution is -2.11. The van der Waals surface area contributed by atoms with Crippen molar-refractivity contribution in [3.8, 4) is 22.8 Å². The molecule has 0 fully saturated rings. The minimum Gasteiger partial charge on any atom is -0.493 e. The van der Waals surface area contributed by atoms with E-state index in [4.69, 9.17) is 37.1 Å². The van der Waals surface area contributed by atoms with Gasteiger partial charge < -0.3 is 18.9 Å². The maximum absolute atomic E-state index is 12.6. The third kappa shape index (κ3) is 4.41. The monoisotopic (exact) mass is 487 g/mol. The first-order valence-corrected chi connectivity index (χ1v) is 10.1. The minimum atomic E-state index is -0.533. The zero-order chi connectivity index (χ0) is 23.7. The number of benzene rings is 2. The van der Waals surface area contributed by atoms with Crippen molar-refractivity contribution in [1.82, 2.24) is 9.97 Å². The third-order valence-corrected chi connectivity index (χ3v) is 5.36. The largest absolute Gasteiger partial charge is 0.493 e. The number of non-ortho nitro benzene ring substituents is 1. The number of H-pyrrole nitrogens is 1. The molecule has 1 N–H and O–H groups in total. The molecule has 0 radical (unpaired) electrons. The van der Waals surface area contributed by atoms with Gasteiger partial charge in [0, 0.05) is 29.8 Å². The number of hydrogen-bond donors (Lipinski definition) is 1. The van der Waals surface area contributed by atoms with E-state index in [0.29, 0.717) is 39.5 Å². The van der Waals surface area contributed by atoms with Gasteiger partial charge in [-0.25, -0.2) is 4.98 Å². The van der Waals surface area contributed by atoms with Crippen LogP contribution < -0.4 is 15.0 Å². The molecule has 2 aromatic carbocycles. The average molecular weight is 488 g/mol. The number of aromatic amines is 1. The molecule has 0 unspecified atom stereocenters. The number of methoxy groups -OCH3 is 2. The number of rotatable bonds is 6. The van der Waals surface area contributed by atoms with Crippen LogP contribution >= 0.6 is 23.2 Å². The zero-order valence-electron chi connectivity index (χ0n) is 17.2. The summed E-state index contributed by atoms with van der Waals surface area (Å²) < 4.78 is 16.2. The van der Waals surface area contributed by atoms with Crippen molar-refractivity contribution in [2.75, 3.05) is 14.2 Å². The van der Waals surface area contributed by atoms with E-state index in [1.165, 1.54) is 44.6 Å². The molecule has 0 saturated heterocycles. The highest BCUT2D eigenvalue weighted by atomic mass is 35.5. The molecule has 0 saturated carbocycles. The molecule has 0 aliphatic carbocycles. The summed E-state index contributed by atoms with van der Waals surface area (Å²) in [6.07, 6.45) is 1.48. The lowest BCUT2D eigenvalue weighted by molar-refractivity contribution is -0.384. The lowest BCUT2D eigenvalue weighted by atomic mass is 10.1. The van der Waals surface area contributed by atoms with E-state index >= 15 is 0 Å². The Labute approximate surface area is 196 Å². The number of ether oxygens (including phenoxy) is 2. The van der Waals surface area contributed by atoms with Crippen LogP contribution in [0.25, 0.3) is 33.3 Å². The predicted octanol–water partition coefficient (Wildman–Crippen LogP) is 5.50. The van der Waals surface area contributed by atoms with Gasteiger partial charge in [-0.3, -0.25) is 14.9 Å². The Morgan fingerprint density at radius 2 is 1.88 bits per heavy atom. The fraction of sp³-hybridized carbons (Fsp3) is 0.0909. The highest BCUT2D eigenvalue weighted by molar-refractivity contribution is 6.50. The van der Waals surface area contributed by atoms with Crippen molar-refractivity contribution in [2.45, 2.75) is 0 Å². The van der Waals surface area contributed by atoms with Gasteiger partial charge in [-0.15, -0.1) is 0 Å². The summed E-state index contributed by atoms with van der Waals surface area (Å²) in [7, 11) is 2.96. The van der Waals surface area contributed by atoms with Crippen LogP contribution in [0.4, 0.5) is 5.69 Å². The molecular weight excluding hydrogens is 473 g/mol. The maximum atomic E-state index is 12.6. The van der Waals surface area contributed by atoms with Crippen LogP contribution in [0.2, 0.25) is 5.02 Å². The summed E-state index contributed by atoms with van der Waals surface area (Å²) in [5.74, 6) is 1.71. The Morgan fingerprint density at radius 1 is 1.15 bits per heavy atom. The number of halogens is 2. The molecule has 4 rings (SSSR count). The summed E-state index contributed by atoms with van der Waals surface area (Å²) >= 11 is 12.6. The average Bonchev–Trinajstić information content (AvgIpc) is 3.25. The van der Waals surface area contributed by atoms with Gasteiger partial charge in [-0.2, -0.15) is 0 Å². The van der Waals surface area contributed by atoms with E-state index in [-0.39, 0.29) is 21.6 Å². The normalized spacial score (nSPS) is 11.6. The maximum Gasteiger partial charge on any atom is 0.270 e. The Morgan fingerprint density at radius 3 is 2.55 bits per heavy atom. The van der Waals surface area contributed by atoms with E-state index in [1.807, 2.05) is 0 Å². The van der Waals surface area contributed by atoms with Gasteiger partial charge in [-0.1, -0.05) is 23.2 Å². The number of aromatic nitrogens is 2. The van der Waals surface area contributed by atoms with E-state index < -0.39 is 10.5 Å². The minimum absolute atomic E-state index is 0.125. The molecule has 2 aromatic heterocycles. The highest BCUT2D eigenvalue weighted by Crippen LogP contribution is 2.34. The number of fused-ring (bicyclic) bond motifs is 1. The molecule has 0 spiro atoms. The second kappa shape index (κ2) is 8.97. The molecule has 0 amide bonds. The third-order valence-electron chi connectivity index (χ3n) is 4.76. The standard InChI is InChI=1S/C22H15Cl2N3O6/c1-31-19-9-14-17(10-20(19)32-2)25-21(26-22(14)28)16(24)8-12-4-6-18(33-12)13-5-3-11(27(29)30)7-15(13)23/h3-10H,1-2H3,(H,25,26,28)/b16-8-. The SMILES string of the molecule is COc1cc2nc(/C(Cl)=C/c3ccc(-c4ccc([N+](=O)[O-])cc4Cl)o3)[nH]c(=O)c2cc1OC. The first-order valence-electron chi connectivity index (χ1n) is 9.38. The Hall–Kier alpha value is -3.82. The van der Waals surface area contributed by atoms with Gasteiger partial charge in [0.2, 0.25) is 0 Å². The van der Waals surface area contributed by atoms with Crippen molar-refractivity contribution < 1.29 is 18.8 Å². The van der Waals surface area contributed by atoms with Crippen molar-refractivity contribution in [2.24, 2.45) is 0 Å². The van der Waals surface area contributed by atoms with Crippen LogP contribution in [0.1, 0.15) is 11.6 Å². The van der Waals surface area contributed by atoms with Gasteiger partial charge in [0.15, 0.2) is 17.3 Å². The van der Waals surface area contributed by atoms with Crippen LogP contribution in [-0.2, 0) is 0 Å². The first-order chi connectivity index (χ1) is 15.8. The summed E-state index contributed by atoms with van der Waals surface area (Å²) in [6, 6.07) is 10.5. The molecule has 9 nitrogen and oxygen atoms in total. The van der Waals surface area contributed by atoms with E-state index in [9.17, 15) is 14.9 Å². The molecule has 0 atom stereocenters. The Kier molecular flexibility index (Phi) is 6.08. The van der Waals surface area contributed by atoms with Crippen LogP contribution in [0.5, 0.6) is 11.5 Å². The molecule has 4 aromatic rings. The van der Waals surface area contributed by atoms with Crippen LogP contribution in [0, 0.1) is 10.1 Å². The Balaban J connectivity index is 1.69. The number of hydrogen-bond acceptors (Lipinski definition) is 7. The van der Waals surface area contributed by atoms with Crippen molar-refractivity contribution in [3.05, 3.63) is 79.5 Å².